The van der Waals surface area contributed by atoms with E-state index in [9.17, 15) is 18.8 Å². The lowest BCUT2D eigenvalue weighted by Crippen LogP contribution is -2.40. The molecule has 3 amide bonds. The standard InChI is InChI=1S/C17H19FN2O3/c18-14-8-4-1-5-11(14)9-19-15(21)10-20-16(22)12-6-2-3-7-13(12)17(20)23/h1,4-5,8,12-13H,2-3,6-7,9-10H2,(H,19,21)/t12-,13-/m1/s1. The average molecular weight is 318 g/mol. The molecule has 3 rings (SSSR count). The highest BCUT2D eigenvalue weighted by molar-refractivity contribution is 6.07. The van der Waals surface area contributed by atoms with Gasteiger partial charge in [0.2, 0.25) is 17.7 Å². The van der Waals surface area contributed by atoms with Crippen molar-refractivity contribution >= 4 is 17.7 Å². The molecule has 2 aliphatic rings. The van der Waals surface area contributed by atoms with E-state index in [1.807, 2.05) is 0 Å². The van der Waals surface area contributed by atoms with Gasteiger partial charge in [-0.25, -0.2) is 4.39 Å². The second-order valence-corrected chi connectivity index (χ2v) is 6.13. The summed E-state index contributed by atoms with van der Waals surface area (Å²) in [6.45, 7) is -0.242. The number of nitrogens with one attached hydrogen (secondary N) is 1. The molecule has 1 aromatic carbocycles. The summed E-state index contributed by atoms with van der Waals surface area (Å²) in [6.07, 6.45) is 3.35. The van der Waals surface area contributed by atoms with Gasteiger partial charge in [0.25, 0.3) is 0 Å². The zero-order valence-electron chi connectivity index (χ0n) is 12.8. The molecule has 0 radical (unpaired) electrons. The van der Waals surface area contributed by atoms with E-state index in [0.717, 1.165) is 30.6 Å². The third-order valence-electron chi connectivity index (χ3n) is 4.67. The lowest BCUT2D eigenvalue weighted by atomic mass is 9.81. The Morgan fingerprint density at radius 1 is 1.13 bits per heavy atom. The molecule has 2 fully saturated rings. The number of rotatable bonds is 4. The third kappa shape index (κ3) is 3.11. The number of imide groups is 1. The average Bonchev–Trinajstić information content (AvgIpc) is 2.80. The summed E-state index contributed by atoms with van der Waals surface area (Å²) in [6, 6.07) is 6.16. The number of benzene rings is 1. The molecule has 23 heavy (non-hydrogen) atoms. The highest BCUT2D eigenvalue weighted by Crippen LogP contribution is 2.37. The van der Waals surface area contributed by atoms with Crippen molar-refractivity contribution in [2.75, 3.05) is 6.54 Å². The van der Waals surface area contributed by atoms with E-state index in [1.165, 1.54) is 6.07 Å². The van der Waals surface area contributed by atoms with Gasteiger partial charge in [0.15, 0.2) is 0 Å². The Kier molecular flexibility index (Phi) is 4.41. The van der Waals surface area contributed by atoms with Crippen LogP contribution in [0.4, 0.5) is 4.39 Å². The summed E-state index contributed by atoms with van der Waals surface area (Å²) < 4.78 is 13.5. The molecule has 1 saturated carbocycles. The summed E-state index contributed by atoms with van der Waals surface area (Å²) in [4.78, 5) is 37.6. The molecule has 1 saturated heterocycles. The molecule has 5 nitrogen and oxygen atoms in total. The third-order valence-corrected chi connectivity index (χ3v) is 4.67. The largest absolute Gasteiger partial charge is 0.350 e. The number of hydrogen-bond acceptors (Lipinski definition) is 3. The normalized spacial score (nSPS) is 23.8. The number of carbonyl (C=O) groups is 3. The van der Waals surface area contributed by atoms with Gasteiger partial charge in [-0.05, 0) is 18.9 Å². The smallest absolute Gasteiger partial charge is 0.240 e. The predicted molar refractivity (Wildman–Crippen MR) is 80.4 cm³/mol. The van der Waals surface area contributed by atoms with E-state index >= 15 is 0 Å². The van der Waals surface area contributed by atoms with E-state index in [-0.39, 0.29) is 36.7 Å². The van der Waals surface area contributed by atoms with E-state index in [4.69, 9.17) is 0 Å². The first kappa shape index (κ1) is 15.6. The van der Waals surface area contributed by atoms with Crippen LogP contribution in [-0.4, -0.2) is 29.2 Å². The summed E-state index contributed by atoms with van der Waals surface area (Å²) in [5.41, 5.74) is 0.369. The van der Waals surface area contributed by atoms with Crippen molar-refractivity contribution in [1.82, 2.24) is 10.2 Å². The van der Waals surface area contributed by atoms with Crippen LogP contribution in [0.2, 0.25) is 0 Å². The van der Waals surface area contributed by atoms with Crippen LogP contribution >= 0.6 is 0 Å². The minimum absolute atomic E-state index is 0.0363. The van der Waals surface area contributed by atoms with Crippen LogP contribution in [0, 0.1) is 17.7 Å². The fourth-order valence-electron chi connectivity index (χ4n) is 3.42. The van der Waals surface area contributed by atoms with Crippen molar-refractivity contribution in [2.45, 2.75) is 32.2 Å². The molecule has 0 unspecified atom stereocenters. The first-order chi connectivity index (χ1) is 11.1. The van der Waals surface area contributed by atoms with Crippen LogP contribution in [0.25, 0.3) is 0 Å². The molecule has 2 atom stereocenters. The van der Waals surface area contributed by atoms with Gasteiger partial charge in [-0.2, -0.15) is 0 Å². The van der Waals surface area contributed by atoms with Crippen molar-refractivity contribution in [3.05, 3.63) is 35.6 Å². The number of fused-ring (bicyclic) bond motifs is 1. The number of carbonyl (C=O) groups excluding carboxylic acids is 3. The Balaban J connectivity index is 1.58. The Bertz CT molecular complexity index is 622. The van der Waals surface area contributed by atoms with Crippen LogP contribution in [0.15, 0.2) is 24.3 Å². The quantitative estimate of drug-likeness (QED) is 0.858. The van der Waals surface area contributed by atoms with Crippen LogP contribution < -0.4 is 5.32 Å². The number of hydrogen-bond donors (Lipinski definition) is 1. The minimum Gasteiger partial charge on any atom is -0.350 e. The number of nitrogens with zero attached hydrogens (tertiary/aromatic N) is 1. The molecule has 0 bridgehead atoms. The van der Waals surface area contributed by atoms with Gasteiger partial charge in [-0.15, -0.1) is 0 Å². The van der Waals surface area contributed by atoms with Gasteiger partial charge in [0.05, 0.1) is 11.8 Å². The molecule has 1 N–H and O–H groups in total. The molecule has 1 aliphatic heterocycles. The molecule has 1 aromatic rings. The molecule has 1 aliphatic carbocycles. The fourth-order valence-corrected chi connectivity index (χ4v) is 3.42. The Morgan fingerprint density at radius 3 is 2.35 bits per heavy atom. The van der Waals surface area contributed by atoms with Crippen molar-refractivity contribution < 1.29 is 18.8 Å². The number of amides is 3. The first-order valence-corrected chi connectivity index (χ1v) is 7.93. The highest BCUT2D eigenvalue weighted by Gasteiger charge is 2.48. The second kappa shape index (κ2) is 6.48. The zero-order valence-corrected chi connectivity index (χ0v) is 12.8. The van der Waals surface area contributed by atoms with Crippen molar-refractivity contribution in [1.29, 1.82) is 0 Å². The van der Waals surface area contributed by atoms with E-state index in [1.54, 1.807) is 18.2 Å². The summed E-state index contributed by atoms with van der Waals surface area (Å²) in [5, 5.41) is 2.56. The van der Waals surface area contributed by atoms with E-state index < -0.39 is 11.7 Å². The minimum atomic E-state index is -0.450. The van der Waals surface area contributed by atoms with E-state index in [2.05, 4.69) is 5.32 Å². The summed E-state index contributed by atoms with van der Waals surface area (Å²) >= 11 is 0. The van der Waals surface area contributed by atoms with Crippen LogP contribution in [-0.2, 0) is 20.9 Å². The van der Waals surface area contributed by atoms with Gasteiger partial charge >= 0.3 is 0 Å². The number of halogens is 1. The SMILES string of the molecule is O=C(CN1C(=O)[C@@H]2CCCC[C@H]2C1=O)NCc1ccccc1F. The lowest BCUT2D eigenvalue weighted by Gasteiger charge is -2.19. The molecule has 0 aromatic heterocycles. The molecule has 122 valence electrons. The van der Waals surface area contributed by atoms with Gasteiger partial charge < -0.3 is 5.32 Å². The fraction of sp³-hybridized carbons (Fsp3) is 0.471. The van der Waals surface area contributed by atoms with Gasteiger partial charge in [0.1, 0.15) is 12.4 Å². The molecular weight excluding hydrogens is 299 g/mol. The Hall–Kier alpha value is -2.24. The highest BCUT2D eigenvalue weighted by atomic mass is 19.1. The molecule has 0 spiro atoms. The topological polar surface area (TPSA) is 66.5 Å². The second-order valence-electron chi connectivity index (χ2n) is 6.13. The van der Waals surface area contributed by atoms with Crippen molar-refractivity contribution in [2.24, 2.45) is 11.8 Å². The zero-order chi connectivity index (χ0) is 16.4. The summed E-state index contributed by atoms with van der Waals surface area (Å²) in [7, 11) is 0. The maximum absolute atomic E-state index is 13.5. The maximum atomic E-state index is 13.5. The van der Waals surface area contributed by atoms with Gasteiger partial charge in [-0.3, -0.25) is 19.3 Å². The van der Waals surface area contributed by atoms with Gasteiger partial charge in [0, 0.05) is 12.1 Å². The number of likely N-dealkylation sites (tertiary alicyclic amines) is 1. The molecule has 6 heteroatoms. The lowest BCUT2D eigenvalue weighted by molar-refractivity contribution is -0.143. The van der Waals surface area contributed by atoms with Crippen LogP contribution in [0.3, 0.4) is 0 Å². The van der Waals surface area contributed by atoms with Crippen molar-refractivity contribution in [3.8, 4) is 0 Å². The van der Waals surface area contributed by atoms with Crippen molar-refractivity contribution in [3.63, 3.8) is 0 Å². The predicted octanol–water partition coefficient (Wildman–Crippen LogP) is 1.62. The van der Waals surface area contributed by atoms with Gasteiger partial charge in [-0.1, -0.05) is 31.0 Å². The summed E-state index contributed by atoms with van der Waals surface area (Å²) in [5.74, 6) is -1.83. The van der Waals surface area contributed by atoms with Crippen LogP contribution in [0.5, 0.6) is 0 Å². The molecule has 1 heterocycles. The molecular formula is C17H19FN2O3. The monoisotopic (exact) mass is 318 g/mol. The van der Waals surface area contributed by atoms with Crippen LogP contribution in [0.1, 0.15) is 31.2 Å². The maximum Gasteiger partial charge on any atom is 0.240 e. The van der Waals surface area contributed by atoms with E-state index in [0.29, 0.717) is 5.56 Å². The first-order valence-electron chi connectivity index (χ1n) is 7.93. The Labute approximate surface area is 133 Å². The Morgan fingerprint density at radius 2 is 1.74 bits per heavy atom.